The van der Waals surface area contributed by atoms with Gasteiger partial charge in [-0.1, -0.05) is 23.6 Å². The maximum Gasteiger partial charge on any atom is 0.384 e. The van der Waals surface area contributed by atoms with E-state index >= 15 is 0 Å². The Morgan fingerprint density at radius 2 is 2.29 bits per heavy atom. The lowest BCUT2D eigenvalue weighted by Crippen LogP contribution is -1.94. The Labute approximate surface area is 85.6 Å². The van der Waals surface area contributed by atoms with Gasteiger partial charge in [0, 0.05) is 11.5 Å². The Bertz CT molecular complexity index is 418. The number of benzene rings is 1. The van der Waals surface area contributed by atoms with E-state index in [-0.39, 0.29) is 10.6 Å². The molecular weight excluding hydrogens is 207 g/mol. The molecule has 0 unspecified atom stereocenters. The monoisotopic (exact) mass is 212 g/mol. The zero-order chi connectivity index (χ0) is 10.6. The standard InChI is InChI=1S/C10H6ClFO2/c1-14-9(13)6-5-7-3-2-4-8(12)10(7)11/h2-4H,1H3. The number of carbonyl (C=O) groups excluding carboxylic acids is 1. The Morgan fingerprint density at radius 1 is 1.57 bits per heavy atom. The summed E-state index contributed by atoms with van der Waals surface area (Å²) in [5.41, 5.74) is 0.261. The number of rotatable bonds is 0. The fourth-order valence-corrected chi connectivity index (χ4v) is 0.943. The Morgan fingerprint density at radius 3 is 2.93 bits per heavy atom. The Hall–Kier alpha value is -1.53. The highest BCUT2D eigenvalue weighted by atomic mass is 35.5. The van der Waals surface area contributed by atoms with Gasteiger partial charge in [0.1, 0.15) is 5.82 Å². The van der Waals surface area contributed by atoms with Crippen LogP contribution >= 0.6 is 11.6 Å². The van der Waals surface area contributed by atoms with Crippen LogP contribution in [0, 0.1) is 17.7 Å². The van der Waals surface area contributed by atoms with Gasteiger partial charge < -0.3 is 4.74 Å². The van der Waals surface area contributed by atoms with Crippen molar-refractivity contribution in [3.63, 3.8) is 0 Å². The quantitative estimate of drug-likeness (QED) is 0.486. The van der Waals surface area contributed by atoms with Crippen molar-refractivity contribution >= 4 is 17.6 Å². The molecule has 14 heavy (non-hydrogen) atoms. The highest BCUT2D eigenvalue weighted by Gasteiger charge is 2.02. The van der Waals surface area contributed by atoms with Crippen LogP contribution in [0.1, 0.15) is 5.56 Å². The van der Waals surface area contributed by atoms with E-state index in [4.69, 9.17) is 11.6 Å². The Balaban J connectivity index is 3.01. The molecule has 1 rings (SSSR count). The summed E-state index contributed by atoms with van der Waals surface area (Å²) < 4.78 is 17.2. The number of hydrogen-bond acceptors (Lipinski definition) is 2. The number of carbonyl (C=O) groups is 1. The van der Waals surface area contributed by atoms with Gasteiger partial charge >= 0.3 is 5.97 Å². The largest absolute Gasteiger partial charge is 0.459 e. The number of ether oxygens (including phenoxy) is 1. The SMILES string of the molecule is COC(=O)C#Cc1cccc(F)c1Cl. The van der Waals surface area contributed by atoms with Crippen LogP contribution in [0.4, 0.5) is 4.39 Å². The molecule has 0 spiro atoms. The molecular formula is C10H6ClFO2. The first kappa shape index (κ1) is 10.6. The molecule has 4 heteroatoms. The molecule has 0 bridgehead atoms. The fourth-order valence-electron chi connectivity index (χ4n) is 0.770. The number of hydrogen-bond donors (Lipinski definition) is 0. The molecule has 0 heterocycles. The lowest BCUT2D eigenvalue weighted by molar-refractivity contribution is -0.133. The first-order chi connectivity index (χ1) is 6.65. The average molecular weight is 213 g/mol. The molecule has 0 amide bonds. The molecule has 0 atom stereocenters. The first-order valence-corrected chi connectivity index (χ1v) is 4.07. The van der Waals surface area contributed by atoms with E-state index in [1.165, 1.54) is 25.3 Å². The van der Waals surface area contributed by atoms with Crippen molar-refractivity contribution in [3.05, 3.63) is 34.6 Å². The molecule has 0 fully saturated rings. The van der Waals surface area contributed by atoms with Crippen LogP contribution in [0.5, 0.6) is 0 Å². The topological polar surface area (TPSA) is 26.3 Å². The third-order valence-electron chi connectivity index (χ3n) is 1.44. The lowest BCUT2D eigenvalue weighted by Gasteiger charge is -1.95. The van der Waals surface area contributed by atoms with Gasteiger partial charge in [-0.25, -0.2) is 9.18 Å². The molecule has 0 aromatic heterocycles. The van der Waals surface area contributed by atoms with Crippen LogP contribution in [-0.4, -0.2) is 13.1 Å². The van der Waals surface area contributed by atoms with Gasteiger partial charge in [-0.05, 0) is 12.1 Å². The van der Waals surface area contributed by atoms with Gasteiger partial charge in [0.15, 0.2) is 0 Å². The Kier molecular flexibility index (Phi) is 3.49. The average Bonchev–Trinajstić information content (AvgIpc) is 2.20. The van der Waals surface area contributed by atoms with Crippen LogP contribution in [-0.2, 0) is 9.53 Å². The molecule has 1 aromatic rings. The maximum absolute atomic E-state index is 12.9. The van der Waals surface area contributed by atoms with Gasteiger partial charge in [0.25, 0.3) is 0 Å². The van der Waals surface area contributed by atoms with Crippen LogP contribution in [0.15, 0.2) is 18.2 Å². The van der Waals surface area contributed by atoms with E-state index in [2.05, 4.69) is 16.6 Å². The number of esters is 1. The summed E-state index contributed by atoms with van der Waals surface area (Å²) >= 11 is 5.59. The predicted molar refractivity (Wildman–Crippen MR) is 50.3 cm³/mol. The minimum Gasteiger partial charge on any atom is -0.459 e. The van der Waals surface area contributed by atoms with Crippen LogP contribution < -0.4 is 0 Å². The molecule has 1 aromatic carbocycles. The van der Waals surface area contributed by atoms with E-state index in [0.717, 1.165) is 0 Å². The van der Waals surface area contributed by atoms with Gasteiger partial charge in [-0.2, -0.15) is 0 Å². The fraction of sp³-hybridized carbons (Fsp3) is 0.100. The summed E-state index contributed by atoms with van der Waals surface area (Å²) in [5.74, 6) is 3.31. The molecule has 2 nitrogen and oxygen atoms in total. The van der Waals surface area contributed by atoms with Crippen molar-refractivity contribution in [1.29, 1.82) is 0 Å². The normalized spacial score (nSPS) is 8.79. The van der Waals surface area contributed by atoms with Crippen molar-refractivity contribution in [3.8, 4) is 11.8 Å². The predicted octanol–water partition coefficient (Wildman–Crippen LogP) is 2.00. The van der Waals surface area contributed by atoms with E-state index < -0.39 is 11.8 Å². The molecule has 0 aliphatic rings. The van der Waals surface area contributed by atoms with Crippen molar-refractivity contribution in [1.82, 2.24) is 0 Å². The molecule has 0 aliphatic carbocycles. The molecule has 0 N–H and O–H groups in total. The van der Waals surface area contributed by atoms with Crippen LogP contribution in [0.25, 0.3) is 0 Å². The molecule has 0 saturated carbocycles. The summed E-state index contributed by atoms with van der Waals surface area (Å²) in [5, 5.41) is -0.0936. The van der Waals surface area contributed by atoms with Crippen molar-refractivity contribution in [2.75, 3.05) is 7.11 Å². The minimum absolute atomic E-state index is 0.0936. The second-order valence-corrected chi connectivity index (χ2v) is 2.72. The summed E-state index contributed by atoms with van der Waals surface area (Å²) in [6, 6.07) is 4.19. The molecule has 0 radical (unpaired) electrons. The van der Waals surface area contributed by atoms with Gasteiger partial charge in [0.2, 0.25) is 0 Å². The highest BCUT2D eigenvalue weighted by Crippen LogP contribution is 2.18. The minimum atomic E-state index is -0.690. The third-order valence-corrected chi connectivity index (χ3v) is 1.82. The van der Waals surface area contributed by atoms with Gasteiger partial charge in [-0.15, -0.1) is 0 Å². The van der Waals surface area contributed by atoms with Gasteiger partial charge in [0.05, 0.1) is 12.1 Å². The van der Waals surface area contributed by atoms with Crippen LogP contribution in [0.3, 0.4) is 0 Å². The van der Waals surface area contributed by atoms with E-state index in [0.29, 0.717) is 0 Å². The summed E-state index contributed by atoms with van der Waals surface area (Å²) in [7, 11) is 1.21. The number of methoxy groups -OCH3 is 1. The second kappa shape index (κ2) is 4.64. The summed E-state index contributed by atoms with van der Waals surface area (Å²) in [6.45, 7) is 0. The molecule has 72 valence electrons. The lowest BCUT2D eigenvalue weighted by atomic mass is 10.2. The van der Waals surface area contributed by atoms with E-state index in [1.807, 2.05) is 0 Å². The van der Waals surface area contributed by atoms with Crippen molar-refractivity contribution < 1.29 is 13.9 Å². The maximum atomic E-state index is 12.9. The number of halogens is 2. The summed E-state index contributed by atoms with van der Waals surface area (Å²) in [6.07, 6.45) is 0. The van der Waals surface area contributed by atoms with Crippen LogP contribution in [0.2, 0.25) is 5.02 Å². The second-order valence-electron chi connectivity index (χ2n) is 2.34. The van der Waals surface area contributed by atoms with E-state index in [1.54, 1.807) is 0 Å². The smallest absolute Gasteiger partial charge is 0.384 e. The van der Waals surface area contributed by atoms with E-state index in [9.17, 15) is 9.18 Å². The zero-order valence-electron chi connectivity index (χ0n) is 7.30. The first-order valence-electron chi connectivity index (χ1n) is 3.69. The van der Waals surface area contributed by atoms with Gasteiger partial charge in [-0.3, -0.25) is 0 Å². The zero-order valence-corrected chi connectivity index (χ0v) is 8.06. The third kappa shape index (κ3) is 2.48. The summed E-state index contributed by atoms with van der Waals surface area (Å²) in [4.78, 5) is 10.6. The van der Waals surface area contributed by atoms with Crippen molar-refractivity contribution in [2.45, 2.75) is 0 Å². The molecule has 0 saturated heterocycles. The highest BCUT2D eigenvalue weighted by molar-refractivity contribution is 6.31. The van der Waals surface area contributed by atoms with Crippen molar-refractivity contribution in [2.24, 2.45) is 0 Å². The molecule has 0 aliphatic heterocycles.